The monoisotopic (exact) mass is 508 g/mol. The second-order valence-corrected chi connectivity index (χ2v) is 10.2. The lowest BCUT2D eigenvalue weighted by molar-refractivity contribution is -0.118. The van der Waals surface area contributed by atoms with Crippen LogP contribution in [0.3, 0.4) is 0 Å². The van der Waals surface area contributed by atoms with Crippen LogP contribution in [-0.4, -0.2) is 25.2 Å². The summed E-state index contributed by atoms with van der Waals surface area (Å²) in [5, 5.41) is 4.38. The zero-order valence-corrected chi connectivity index (χ0v) is 21.3. The van der Waals surface area contributed by atoms with E-state index in [9.17, 15) is 4.79 Å². The fourth-order valence-electron chi connectivity index (χ4n) is 5.06. The van der Waals surface area contributed by atoms with Crippen molar-refractivity contribution in [2.45, 2.75) is 31.5 Å². The maximum atomic E-state index is 12.5. The van der Waals surface area contributed by atoms with Crippen molar-refractivity contribution in [1.29, 1.82) is 0 Å². The number of benzene rings is 3. The molecule has 0 unspecified atom stereocenters. The number of amides is 1. The first-order valence-corrected chi connectivity index (χ1v) is 12.1. The largest absolute Gasteiger partial charge is 0.493 e. The van der Waals surface area contributed by atoms with Gasteiger partial charge in [0.2, 0.25) is 5.91 Å². The van der Waals surface area contributed by atoms with Gasteiger partial charge in [-0.2, -0.15) is 0 Å². The Morgan fingerprint density at radius 3 is 2.63 bits per heavy atom. The maximum Gasteiger partial charge on any atom is 0.241 e. The Hall–Kier alpha value is -3.15. The van der Waals surface area contributed by atoms with E-state index in [0.717, 1.165) is 16.8 Å². The molecule has 0 aromatic heterocycles. The van der Waals surface area contributed by atoms with Gasteiger partial charge in [-0.25, -0.2) is 0 Å². The van der Waals surface area contributed by atoms with E-state index in [1.54, 1.807) is 19.2 Å². The Labute approximate surface area is 215 Å². The van der Waals surface area contributed by atoms with Gasteiger partial charge in [0, 0.05) is 26.7 Å². The van der Waals surface area contributed by atoms with Crippen LogP contribution in [0.1, 0.15) is 30.5 Å². The summed E-state index contributed by atoms with van der Waals surface area (Å²) in [6.45, 7) is 4.95. The molecule has 3 aromatic rings. The van der Waals surface area contributed by atoms with Gasteiger partial charge >= 0.3 is 0 Å². The number of carbonyl (C=O) groups excluding carboxylic acids is 1. The quantitative estimate of drug-likeness (QED) is 0.429. The van der Waals surface area contributed by atoms with Gasteiger partial charge in [-0.1, -0.05) is 73.5 Å². The van der Waals surface area contributed by atoms with E-state index >= 15 is 0 Å². The van der Waals surface area contributed by atoms with E-state index in [-0.39, 0.29) is 17.9 Å². The molecule has 1 fully saturated rings. The zero-order valence-electron chi connectivity index (χ0n) is 19.8. The number of hydrogen-bond acceptors (Lipinski definition) is 4. The van der Waals surface area contributed by atoms with Crippen molar-refractivity contribution in [2.24, 2.45) is 0 Å². The van der Waals surface area contributed by atoms with Gasteiger partial charge in [0.25, 0.3) is 0 Å². The SMILES string of the molecule is COc1cc(/C=C/[C@@]23NC(=O)CN2c2ccccc2C3(C)C)ccc1OCc1ccc(Cl)cc1Cl. The van der Waals surface area contributed by atoms with Crippen molar-refractivity contribution >= 4 is 40.9 Å². The van der Waals surface area contributed by atoms with E-state index in [1.165, 1.54) is 5.56 Å². The highest BCUT2D eigenvalue weighted by atomic mass is 35.5. The number of fused-ring (bicyclic) bond motifs is 3. The summed E-state index contributed by atoms with van der Waals surface area (Å²) in [6, 6.07) is 19.3. The van der Waals surface area contributed by atoms with Crippen LogP contribution in [0.5, 0.6) is 11.5 Å². The average Bonchev–Trinajstić information content (AvgIpc) is 3.27. The molecule has 0 bridgehead atoms. The van der Waals surface area contributed by atoms with Crippen LogP contribution in [0, 0.1) is 0 Å². The summed E-state index contributed by atoms with van der Waals surface area (Å²) < 4.78 is 11.6. The summed E-state index contributed by atoms with van der Waals surface area (Å²) in [6.07, 6.45) is 4.11. The van der Waals surface area contributed by atoms with Crippen LogP contribution in [0.25, 0.3) is 6.08 Å². The molecule has 1 saturated heterocycles. The molecule has 0 aliphatic carbocycles. The van der Waals surface area contributed by atoms with Gasteiger partial charge in [0.1, 0.15) is 12.3 Å². The smallest absolute Gasteiger partial charge is 0.241 e. The summed E-state index contributed by atoms with van der Waals surface area (Å²) in [7, 11) is 1.61. The Morgan fingerprint density at radius 2 is 1.86 bits per heavy atom. The lowest BCUT2D eigenvalue weighted by Gasteiger charge is -2.40. The van der Waals surface area contributed by atoms with Crippen LogP contribution in [0.2, 0.25) is 10.0 Å². The highest BCUT2D eigenvalue weighted by molar-refractivity contribution is 6.35. The standard InChI is InChI=1S/C28H26Cl2N2O3/c1-27(2)21-6-4-5-7-23(21)32-16-26(33)31-28(27,32)13-12-18-8-11-24(25(14-18)34-3)35-17-19-9-10-20(29)15-22(19)30/h4-15H,16-17H2,1-3H3,(H,31,33)/b13-12+/t28-/m1/s1. The Morgan fingerprint density at radius 1 is 1.06 bits per heavy atom. The van der Waals surface area contributed by atoms with Crippen molar-refractivity contribution in [3.63, 3.8) is 0 Å². The van der Waals surface area contributed by atoms with Crippen molar-refractivity contribution < 1.29 is 14.3 Å². The van der Waals surface area contributed by atoms with Gasteiger partial charge < -0.3 is 19.7 Å². The van der Waals surface area contributed by atoms with Gasteiger partial charge in [0.05, 0.1) is 13.7 Å². The molecule has 2 heterocycles. The van der Waals surface area contributed by atoms with Crippen molar-refractivity contribution in [3.8, 4) is 11.5 Å². The number of carbonyl (C=O) groups is 1. The summed E-state index contributed by atoms with van der Waals surface area (Å²) >= 11 is 12.3. The Balaban J connectivity index is 1.41. The molecule has 1 atom stereocenters. The fourth-order valence-corrected chi connectivity index (χ4v) is 5.52. The number of para-hydroxylation sites is 1. The lowest BCUT2D eigenvalue weighted by Crippen LogP contribution is -2.58. The van der Waals surface area contributed by atoms with Crippen LogP contribution < -0.4 is 19.7 Å². The molecule has 35 heavy (non-hydrogen) atoms. The summed E-state index contributed by atoms with van der Waals surface area (Å²) in [4.78, 5) is 14.7. The second kappa shape index (κ2) is 8.81. The van der Waals surface area contributed by atoms with E-state index in [1.807, 2.05) is 42.5 Å². The first kappa shape index (κ1) is 23.6. The maximum absolute atomic E-state index is 12.5. The van der Waals surface area contributed by atoms with Crippen LogP contribution in [0.15, 0.2) is 66.7 Å². The predicted molar refractivity (Wildman–Crippen MR) is 141 cm³/mol. The van der Waals surface area contributed by atoms with E-state index < -0.39 is 5.66 Å². The number of hydrogen-bond donors (Lipinski definition) is 1. The summed E-state index contributed by atoms with van der Waals surface area (Å²) in [5.74, 6) is 1.23. The Bertz CT molecular complexity index is 1340. The fraction of sp³-hybridized carbons (Fsp3) is 0.250. The molecular formula is C28H26Cl2N2O3. The van der Waals surface area contributed by atoms with E-state index in [0.29, 0.717) is 28.1 Å². The van der Waals surface area contributed by atoms with E-state index in [2.05, 4.69) is 42.3 Å². The van der Waals surface area contributed by atoms with Gasteiger partial charge in [-0.05, 0) is 47.5 Å². The molecule has 2 aliphatic heterocycles. The zero-order chi connectivity index (χ0) is 24.8. The topological polar surface area (TPSA) is 50.8 Å². The molecule has 0 saturated carbocycles. The molecular weight excluding hydrogens is 483 g/mol. The van der Waals surface area contributed by atoms with Crippen LogP contribution >= 0.6 is 23.2 Å². The number of ether oxygens (including phenoxy) is 2. The molecule has 1 amide bonds. The van der Waals surface area contributed by atoms with Crippen molar-refractivity contribution in [2.75, 3.05) is 18.6 Å². The van der Waals surface area contributed by atoms with Crippen LogP contribution in [0.4, 0.5) is 5.69 Å². The molecule has 0 spiro atoms. The highest BCUT2D eigenvalue weighted by Crippen LogP contribution is 2.52. The Kier molecular flexibility index (Phi) is 5.94. The molecule has 2 aliphatic rings. The minimum Gasteiger partial charge on any atom is -0.493 e. The number of anilines is 1. The molecule has 1 N–H and O–H groups in total. The third kappa shape index (κ3) is 3.93. The number of nitrogens with zero attached hydrogens (tertiary/aromatic N) is 1. The van der Waals surface area contributed by atoms with Gasteiger partial charge in [-0.15, -0.1) is 0 Å². The third-order valence-electron chi connectivity index (χ3n) is 6.98. The first-order chi connectivity index (χ1) is 16.7. The van der Waals surface area contributed by atoms with Gasteiger partial charge in [0.15, 0.2) is 11.5 Å². The summed E-state index contributed by atoms with van der Waals surface area (Å²) in [5.41, 5.74) is 3.09. The number of nitrogens with one attached hydrogen (secondary N) is 1. The van der Waals surface area contributed by atoms with Crippen LogP contribution in [-0.2, 0) is 16.8 Å². The first-order valence-electron chi connectivity index (χ1n) is 11.4. The number of rotatable bonds is 6. The number of halogens is 2. The molecule has 5 rings (SSSR count). The number of methoxy groups -OCH3 is 1. The second-order valence-electron chi connectivity index (χ2n) is 9.31. The lowest BCUT2D eigenvalue weighted by atomic mass is 9.75. The highest BCUT2D eigenvalue weighted by Gasteiger charge is 2.59. The molecule has 7 heteroatoms. The van der Waals surface area contributed by atoms with Crippen molar-refractivity contribution in [1.82, 2.24) is 5.32 Å². The minimum atomic E-state index is -0.651. The molecule has 3 aromatic carbocycles. The predicted octanol–water partition coefficient (Wildman–Crippen LogP) is 6.22. The van der Waals surface area contributed by atoms with E-state index in [4.69, 9.17) is 32.7 Å². The molecule has 180 valence electrons. The molecule has 5 nitrogen and oxygen atoms in total. The third-order valence-corrected chi connectivity index (χ3v) is 7.57. The minimum absolute atomic E-state index is 0.0133. The average molecular weight is 509 g/mol. The normalized spacial score (nSPS) is 20.0. The van der Waals surface area contributed by atoms with Gasteiger partial charge in [-0.3, -0.25) is 4.79 Å². The van der Waals surface area contributed by atoms with Crippen molar-refractivity contribution in [3.05, 3.63) is 93.5 Å². The molecule has 0 radical (unpaired) electrons.